The summed E-state index contributed by atoms with van der Waals surface area (Å²) < 4.78 is 28.5. The van der Waals surface area contributed by atoms with Gasteiger partial charge in [0.15, 0.2) is 11.8 Å². The number of carbonyl (C=O) groups excluding carboxylic acids is 4. The SMILES string of the molecule is CC(=O)OC1CC(=O)N1c1ccc(CN2C(=O)[C@]3(O[C@H](CC(=O)N4Cc5ccccc5C[C@H]4CO)[C@@H]([Si](C)(C)F)[C@@H]3C)c3cc(Cl)ccc32)cc1. The lowest BCUT2D eigenvalue weighted by molar-refractivity contribution is -0.154. The number of ether oxygens (including phenoxy) is 2. The number of amides is 3. The molecule has 4 heterocycles. The highest BCUT2D eigenvalue weighted by molar-refractivity contribution is 6.72. The van der Waals surface area contributed by atoms with Gasteiger partial charge >= 0.3 is 5.97 Å². The van der Waals surface area contributed by atoms with E-state index in [-0.39, 0.29) is 43.7 Å². The van der Waals surface area contributed by atoms with Gasteiger partial charge in [-0.1, -0.05) is 54.9 Å². The summed E-state index contributed by atoms with van der Waals surface area (Å²) in [6, 6.07) is 19.7. The summed E-state index contributed by atoms with van der Waals surface area (Å²) in [6.45, 7) is 6.59. The van der Waals surface area contributed by atoms with Crippen LogP contribution in [0.5, 0.6) is 0 Å². The summed E-state index contributed by atoms with van der Waals surface area (Å²) in [6.07, 6.45) is -1.05. The predicted molar refractivity (Wildman–Crippen MR) is 191 cm³/mol. The van der Waals surface area contributed by atoms with E-state index in [1.807, 2.05) is 31.2 Å². The van der Waals surface area contributed by atoms with Gasteiger partial charge in [-0.3, -0.25) is 24.1 Å². The zero-order valence-electron chi connectivity index (χ0n) is 29.0. The average Bonchev–Trinajstić information content (AvgIpc) is 3.50. The van der Waals surface area contributed by atoms with Crippen molar-refractivity contribution in [3.63, 3.8) is 0 Å². The number of hydrogen-bond acceptors (Lipinski definition) is 7. The summed E-state index contributed by atoms with van der Waals surface area (Å²) in [7, 11) is -3.55. The molecule has 7 rings (SSSR count). The zero-order valence-corrected chi connectivity index (χ0v) is 30.7. The van der Waals surface area contributed by atoms with Gasteiger partial charge in [-0.15, -0.1) is 0 Å². The van der Waals surface area contributed by atoms with Gasteiger partial charge in [0.25, 0.3) is 5.91 Å². The quantitative estimate of drug-likeness (QED) is 0.138. The van der Waals surface area contributed by atoms with Crippen molar-refractivity contribution in [3.05, 3.63) is 94.0 Å². The molecule has 0 saturated carbocycles. The van der Waals surface area contributed by atoms with Crippen LogP contribution in [0.4, 0.5) is 15.5 Å². The second kappa shape index (κ2) is 13.1. The molecule has 1 unspecified atom stereocenters. The number of fused-ring (bicyclic) bond motifs is 3. The van der Waals surface area contributed by atoms with Gasteiger partial charge in [0.2, 0.25) is 20.2 Å². The number of β-lactam (4-membered cyclic amide) rings is 1. The van der Waals surface area contributed by atoms with E-state index in [4.69, 9.17) is 21.1 Å². The number of carbonyl (C=O) groups is 4. The first-order chi connectivity index (χ1) is 24.2. The van der Waals surface area contributed by atoms with Crippen molar-refractivity contribution in [2.24, 2.45) is 5.92 Å². The molecule has 0 aliphatic carbocycles. The molecule has 0 bridgehead atoms. The second-order valence-electron chi connectivity index (χ2n) is 14.6. The first-order valence-electron chi connectivity index (χ1n) is 17.3. The summed E-state index contributed by atoms with van der Waals surface area (Å²) >= 11 is 6.53. The third kappa shape index (κ3) is 6.05. The lowest BCUT2D eigenvalue weighted by Gasteiger charge is -2.39. The lowest BCUT2D eigenvalue weighted by atomic mass is 9.82. The van der Waals surface area contributed by atoms with E-state index in [1.165, 1.54) is 11.8 Å². The number of aliphatic hydroxyl groups is 1. The Hall–Kier alpha value is -4.10. The number of halogens is 2. The average molecular weight is 734 g/mol. The van der Waals surface area contributed by atoms with Crippen molar-refractivity contribution in [1.29, 1.82) is 0 Å². The minimum atomic E-state index is -3.55. The smallest absolute Gasteiger partial charge is 0.304 e. The molecule has 13 heteroatoms. The van der Waals surface area contributed by atoms with Crippen LogP contribution in [0.2, 0.25) is 23.7 Å². The molecule has 51 heavy (non-hydrogen) atoms. The Bertz CT molecular complexity index is 1900. The molecule has 10 nitrogen and oxygen atoms in total. The molecule has 2 saturated heterocycles. The Morgan fingerprint density at radius 3 is 2.41 bits per heavy atom. The van der Waals surface area contributed by atoms with Crippen molar-refractivity contribution in [3.8, 4) is 0 Å². The number of nitrogens with zero attached hydrogens (tertiary/aromatic N) is 3. The molecule has 0 radical (unpaired) electrons. The molecule has 1 N–H and O–H groups in total. The first kappa shape index (κ1) is 35.3. The maximum atomic E-state index is 16.4. The normalized spacial score (nSPS) is 27.0. The van der Waals surface area contributed by atoms with Crippen LogP contribution in [0.1, 0.15) is 48.9 Å². The lowest BCUT2D eigenvalue weighted by Crippen LogP contribution is -2.54. The van der Waals surface area contributed by atoms with Crippen LogP contribution in [0.3, 0.4) is 0 Å². The number of hydrogen-bond donors (Lipinski definition) is 1. The van der Waals surface area contributed by atoms with E-state index in [0.717, 1.165) is 16.7 Å². The van der Waals surface area contributed by atoms with Crippen molar-refractivity contribution in [2.45, 2.75) is 88.8 Å². The van der Waals surface area contributed by atoms with Crippen LogP contribution >= 0.6 is 11.6 Å². The fourth-order valence-electron chi connectivity index (χ4n) is 8.64. The van der Waals surface area contributed by atoms with E-state index in [1.54, 1.807) is 65.4 Å². The van der Waals surface area contributed by atoms with Crippen LogP contribution in [0.15, 0.2) is 66.7 Å². The Balaban J connectivity index is 1.17. The van der Waals surface area contributed by atoms with Crippen LogP contribution < -0.4 is 9.80 Å². The van der Waals surface area contributed by atoms with E-state index in [9.17, 15) is 24.3 Å². The largest absolute Gasteiger partial charge is 0.441 e. The van der Waals surface area contributed by atoms with Crippen molar-refractivity contribution in [2.75, 3.05) is 16.4 Å². The Morgan fingerprint density at radius 2 is 1.76 bits per heavy atom. The molecule has 1 spiro atoms. The maximum Gasteiger partial charge on any atom is 0.304 e. The molecule has 4 aliphatic heterocycles. The molecule has 4 aliphatic rings. The Morgan fingerprint density at radius 1 is 1.06 bits per heavy atom. The molecular formula is C38H41ClFN3O7Si. The standard InChI is InChI=1S/C38H41ClFN3O7Si/c1-22-36(51(3,4)40)32(17-33(46)41-20-26-8-6-5-7-25(26)15-29(41)21-44)50-38(22)30-16-27(39)11-14-31(30)42(37(38)48)19-24-9-12-28(13-10-24)43-34(47)18-35(43)49-23(2)45/h5-14,16,22,29,32,35-36,44H,15,17-21H2,1-4H3/t22-,29-,32+,35?,36-,38+/m0/s1. The molecule has 268 valence electrons. The van der Waals surface area contributed by atoms with Gasteiger partial charge in [-0.2, -0.15) is 0 Å². The fourth-order valence-corrected chi connectivity index (χ4v) is 11.3. The number of rotatable bonds is 8. The maximum absolute atomic E-state index is 16.4. The predicted octanol–water partition coefficient (Wildman–Crippen LogP) is 5.62. The number of aliphatic hydroxyl groups excluding tert-OH is 1. The summed E-state index contributed by atoms with van der Waals surface area (Å²) in [4.78, 5) is 57.4. The van der Waals surface area contributed by atoms with Gasteiger partial charge in [0.1, 0.15) is 0 Å². The van der Waals surface area contributed by atoms with Crippen molar-refractivity contribution < 1.29 is 37.9 Å². The third-order valence-electron chi connectivity index (χ3n) is 10.9. The van der Waals surface area contributed by atoms with Gasteiger partial charge in [-0.05, 0) is 66.5 Å². The topological polar surface area (TPSA) is 117 Å². The molecule has 0 aromatic heterocycles. The van der Waals surface area contributed by atoms with Gasteiger partial charge in [-0.25, -0.2) is 0 Å². The summed E-state index contributed by atoms with van der Waals surface area (Å²) in [5.41, 5.74) is 2.28. The molecule has 2 fully saturated rings. The monoisotopic (exact) mass is 733 g/mol. The van der Waals surface area contributed by atoms with Crippen LogP contribution in [0.25, 0.3) is 0 Å². The van der Waals surface area contributed by atoms with Crippen molar-refractivity contribution in [1.82, 2.24) is 4.90 Å². The highest BCUT2D eigenvalue weighted by Gasteiger charge is 2.67. The molecule has 3 aromatic carbocycles. The first-order valence-corrected chi connectivity index (χ1v) is 20.6. The minimum Gasteiger partial charge on any atom is -0.441 e. The Labute approximate surface area is 302 Å². The zero-order chi connectivity index (χ0) is 36.4. The van der Waals surface area contributed by atoms with E-state index in [2.05, 4.69) is 0 Å². The van der Waals surface area contributed by atoms with Gasteiger partial charge < -0.3 is 28.5 Å². The number of benzene rings is 3. The highest BCUT2D eigenvalue weighted by atomic mass is 35.5. The van der Waals surface area contributed by atoms with Crippen LogP contribution in [-0.2, 0) is 53.8 Å². The molecule has 3 amide bonds. The molecule has 6 atom stereocenters. The van der Waals surface area contributed by atoms with Crippen LogP contribution in [0, 0.1) is 5.92 Å². The number of esters is 1. The Kier molecular flexibility index (Phi) is 9.10. The van der Waals surface area contributed by atoms with Crippen LogP contribution in [-0.4, -0.2) is 67.1 Å². The molecular weight excluding hydrogens is 693 g/mol. The van der Waals surface area contributed by atoms with Gasteiger partial charge in [0.05, 0.1) is 43.8 Å². The second-order valence-corrected chi connectivity index (χ2v) is 18.8. The summed E-state index contributed by atoms with van der Waals surface area (Å²) in [5.74, 6) is -1.88. The van der Waals surface area contributed by atoms with E-state index in [0.29, 0.717) is 34.9 Å². The summed E-state index contributed by atoms with van der Waals surface area (Å²) in [5, 5.41) is 10.6. The third-order valence-corrected chi connectivity index (χ3v) is 13.6. The number of anilines is 2. The fraction of sp³-hybridized carbons (Fsp3) is 0.421. The highest BCUT2D eigenvalue weighted by Crippen LogP contribution is 2.60. The van der Waals surface area contributed by atoms with E-state index >= 15 is 4.11 Å². The van der Waals surface area contributed by atoms with Crippen molar-refractivity contribution >= 4 is 55.1 Å². The van der Waals surface area contributed by atoms with E-state index < -0.39 is 49.8 Å². The minimum absolute atomic E-state index is 0.114. The molecule has 3 aromatic rings. The van der Waals surface area contributed by atoms with Gasteiger partial charge in [0, 0.05) is 41.2 Å².